The molecule has 0 amide bonds. The average molecular weight is 569 g/mol. The van der Waals surface area contributed by atoms with Gasteiger partial charge in [0.25, 0.3) is 0 Å². The molecule has 3 heteroatoms. The fourth-order valence-corrected chi connectivity index (χ4v) is 7.32. The molecule has 0 radical (unpaired) electrons. The van der Waals surface area contributed by atoms with Crippen LogP contribution in [0.3, 0.4) is 0 Å². The molecule has 0 saturated carbocycles. The molecule has 8 rings (SSSR count). The molecule has 204 valence electrons. The molecule has 0 bridgehead atoms. The second-order valence-corrected chi connectivity index (χ2v) is 11.7. The minimum absolute atomic E-state index is 1.13. The van der Waals surface area contributed by atoms with Gasteiger partial charge in [0.1, 0.15) is 0 Å². The zero-order valence-corrected chi connectivity index (χ0v) is 24.3. The number of hydrogen-bond donors (Lipinski definition) is 0. The Morgan fingerprint density at radius 1 is 0.372 bits per heavy atom. The largest absolute Gasteiger partial charge is 0.310 e. The Balaban J connectivity index is 1.49. The maximum atomic E-state index is 2.39. The number of anilines is 6. The summed E-state index contributed by atoms with van der Waals surface area (Å²) in [6.07, 6.45) is 0. The molecular weight excluding hydrogens is 541 g/mol. The lowest BCUT2D eigenvalue weighted by Gasteiger charge is -2.29. The van der Waals surface area contributed by atoms with Crippen molar-refractivity contribution in [2.45, 2.75) is 0 Å². The maximum absolute atomic E-state index is 2.39. The van der Waals surface area contributed by atoms with Crippen molar-refractivity contribution in [2.75, 3.05) is 9.80 Å². The molecule has 0 saturated heterocycles. The Hall–Kier alpha value is -5.38. The molecule has 0 atom stereocenters. The Morgan fingerprint density at radius 3 is 1.26 bits per heavy atom. The van der Waals surface area contributed by atoms with Gasteiger partial charge in [-0.25, -0.2) is 0 Å². The summed E-state index contributed by atoms with van der Waals surface area (Å²) in [6, 6.07) is 60.7. The van der Waals surface area contributed by atoms with Gasteiger partial charge < -0.3 is 9.80 Å². The summed E-state index contributed by atoms with van der Waals surface area (Å²) in [5.74, 6) is 0. The third-order valence-electron chi connectivity index (χ3n) is 7.98. The predicted molar refractivity (Wildman–Crippen MR) is 186 cm³/mol. The number of nitrogens with zero attached hydrogens (tertiary/aromatic N) is 2. The summed E-state index contributed by atoms with van der Waals surface area (Å²) in [5, 5.41) is 5.04. The Labute approximate surface area is 255 Å². The molecule has 0 aliphatic heterocycles. The van der Waals surface area contributed by atoms with Gasteiger partial charge in [-0.3, -0.25) is 0 Å². The van der Waals surface area contributed by atoms with Crippen molar-refractivity contribution < 1.29 is 0 Å². The van der Waals surface area contributed by atoms with Crippen LogP contribution in [0.4, 0.5) is 34.1 Å². The fraction of sp³-hybridized carbons (Fsp3) is 0. The summed E-state index contributed by atoms with van der Waals surface area (Å²) in [4.78, 5) is 4.78. The molecule has 0 spiro atoms. The zero-order chi connectivity index (χ0) is 28.6. The van der Waals surface area contributed by atoms with Crippen molar-refractivity contribution in [3.63, 3.8) is 0 Å². The molecule has 0 fully saturated rings. The van der Waals surface area contributed by atoms with E-state index in [2.05, 4.69) is 180 Å². The first-order chi connectivity index (χ1) is 21.3. The van der Waals surface area contributed by atoms with E-state index in [0.717, 1.165) is 22.7 Å². The average Bonchev–Trinajstić information content (AvgIpc) is 3.45. The first kappa shape index (κ1) is 25.3. The lowest BCUT2D eigenvalue weighted by molar-refractivity contribution is 1.28. The molecule has 0 unspecified atom stereocenters. The van der Waals surface area contributed by atoms with E-state index in [4.69, 9.17) is 0 Å². The second-order valence-electron chi connectivity index (χ2n) is 10.6. The van der Waals surface area contributed by atoms with Gasteiger partial charge in [-0.05, 0) is 83.6 Å². The standard InChI is InChI=1S/C40H28N2S/c1-5-17-31(18-6-1)41(32-19-7-2-8-20-32)36-25-26-37(42(33-21-9-3-10-22-33)34-23-11-4-12-24-34)40-39(36)35-27-29-15-13-14-16-30(29)28-38(35)43-40/h1-28H. The van der Waals surface area contributed by atoms with Crippen LogP contribution >= 0.6 is 11.3 Å². The number of thiophene rings is 1. The summed E-state index contributed by atoms with van der Waals surface area (Å²) in [5.41, 5.74) is 6.86. The lowest BCUT2D eigenvalue weighted by Crippen LogP contribution is -2.12. The van der Waals surface area contributed by atoms with Crippen molar-refractivity contribution in [2.24, 2.45) is 0 Å². The topological polar surface area (TPSA) is 6.48 Å². The quantitative estimate of drug-likeness (QED) is 0.197. The Bertz CT molecular complexity index is 2090. The highest BCUT2D eigenvalue weighted by Crippen LogP contribution is 2.51. The van der Waals surface area contributed by atoms with Crippen LogP contribution in [0, 0.1) is 0 Å². The van der Waals surface area contributed by atoms with E-state index >= 15 is 0 Å². The van der Waals surface area contributed by atoms with E-state index in [0.29, 0.717) is 0 Å². The molecule has 7 aromatic carbocycles. The first-order valence-electron chi connectivity index (χ1n) is 14.5. The predicted octanol–water partition coefficient (Wildman–Crippen LogP) is 12.1. The highest BCUT2D eigenvalue weighted by Gasteiger charge is 2.23. The van der Waals surface area contributed by atoms with Gasteiger partial charge in [0.15, 0.2) is 0 Å². The van der Waals surface area contributed by atoms with Gasteiger partial charge in [0.05, 0.1) is 16.1 Å². The number of para-hydroxylation sites is 4. The van der Waals surface area contributed by atoms with Crippen LogP contribution in [0.15, 0.2) is 170 Å². The van der Waals surface area contributed by atoms with E-state index in [1.807, 2.05) is 11.3 Å². The fourth-order valence-electron chi connectivity index (χ4n) is 6.06. The monoisotopic (exact) mass is 568 g/mol. The SMILES string of the molecule is c1ccc(N(c2ccccc2)c2ccc(N(c3ccccc3)c3ccccc3)c3c2sc2cc4ccccc4cc23)cc1. The van der Waals surface area contributed by atoms with Crippen LogP contribution in [-0.2, 0) is 0 Å². The number of rotatable bonds is 6. The third kappa shape index (κ3) is 4.51. The van der Waals surface area contributed by atoms with Crippen molar-refractivity contribution >= 4 is 76.4 Å². The van der Waals surface area contributed by atoms with Gasteiger partial charge in [-0.15, -0.1) is 11.3 Å². The van der Waals surface area contributed by atoms with Crippen molar-refractivity contribution in [1.82, 2.24) is 0 Å². The molecule has 43 heavy (non-hydrogen) atoms. The minimum atomic E-state index is 1.13. The molecule has 0 N–H and O–H groups in total. The minimum Gasteiger partial charge on any atom is -0.310 e. The molecule has 2 nitrogen and oxygen atoms in total. The van der Waals surface area contributed by atoms with Gasteiger partial charge in [0.2, 0.25) is 0 Å². The van der Waals surface area contributed by atoms with Crippen LogP contribution in [-0.4, -0.2) is 0 Å². The van der Waals surface area contributed by atoms with Crippen LogP contribution in [0.1, 0.15) is 0 Å². The maximum Gasteiger partial charge on any atom is 0.0641 e. The number of fused-ring (bicyclic) bond motifs is 4. The molecular formula is C40H28N2S. The summed E-state index contributed by atoms with van der Waals surface area (Å²) < 4.78 is 2.54. The second kappa shape index (κ2) is 10.8. The van der Waals surface area contributed by atoms with Crippen LogP contribution in [0.2, 0.25) is 0 Å². The molecule has 1 aromatic heterocycles. The van der Waals surface area contributed by atoms with Gasteiger partial charge in [0, 0.05) is 38.2 Å². The smallest absolute Gasteiger partial charge is 0.0641 e. The number of benzene rings is 7. The van der Waals surface area contributed by atoms with Gasteiger partial charge >= 0.3 is 0 Å². The highest BCUT2D eigenvalue weighted by molar-refractivity contribution is 7.26. The van der Waals surface area contributed by atoms with Crippen LogP contribution < -0.4 is 9.80 Å². The van der Waals surface area contributed by atoms with Gasteiger partial charge in [-0.2, -0.15) is 0 Å². The van der Waals surface area contributed by atoms with Gasteiger partial charge in [-0.1, -0.05) is 97.1 Å². The van der Waals surface area contributed by atoms with E-state index in [1.165, 1.54) is 42.3 Å². The van der Waals surface area contributed by atoms with Crippen LogP contribution in [0.25, 0.3) is 30.9 Å². The van der Waals surface area contributed by atoms with Crippen molar-refractivity contribution in [3.8, 4) is 0 Å². The summed E-state index contributed by atoms with van der Waals surface area (Å²) >= 11 is 1.87. The van der Waals surface area contributed by atoms with Crippen molar-refractivity contribution in [1.29, 1.82) is 0 Å². The van der Waals surface area contributed by atoms with E-state index in [9.17, 15) is 0 Å². The third-order valence-corrected chi connectivity index (χ3v) is 9.16. The van der Waals surface area contributed by atoms with Crippen LogP contribution in [0.5, 0.6) is 0 Å². The molecule has 0 aliphatic carbocycles. The lowest BCUT2D eigenvalue weighted by atomic mass is 10.0. The summed E-state index contributed by atoms with van der Waals surface area (Å²) in [7, 11) is 0. The number of hydrogen-bond acceptors (Lipinski definition) is 3. The zero-order valence-electron chi connectivity index (χ0n) is 23.5. The van der Waals surface area contributed by atoms with Crippen molar-refractivity contribution in [3.05, 3.63) is 170 Å². The molecule has 1 heterocycles. The Kier molecular flexibility index (Phi) is 6.36. The normalized spacial score (nSPS) is 11.3. The van der Waals surface area contributed by atoms with E-state index in [-0.39, 0.29) is 0 Å². The summed E-state index contributed by atoms with van der Waals surface area (Å²) in [6.45, 7) is 0. The Morgan fingerprint density at radius 2 is 0.767 bits per heavy atom. The first-order valence-corrected chi connectivity index (χ1v) is 15.4. The highest BCUT2D eigenvalue weighted by atomic mass is 32.1. The van der Waals surface area contributed by atoms with E-state index in [1.54, 1.807) is 0 Å². The molecule has 0 aliphatic rings. The molecule has 8 aromatic rings. The van der Waals surface area contributed by atoms with E-state index < -0.39 is 0 Å².